The van der Waals surface area contributed by atoms with Gasteiger partial charge in [0.1, 0.15) is 5.78 Å². The molecule has 1 aliphatic heterocycles. The van der Waals surface area contributed by atoms with E-state index in [0.29, 0.717) is 25.7 Å². The van der Waals surface area contributed by atoms with Crippen LogP contribution in [0.15, 0.2) is 47.1 Å². The molecule has 5 aliphatic rings. The molecule has 1 heterocycles. The molecular formula is C35H40F3NO2. The lowest BCUT2D eigenvalue weighted by molar-refractivity contribution is -0.130. The van der Waals surface area contributed by atoms with Crippen LogP contribution >= 0.6 is 0 Å². The number of anilines is 1. The van der Waals surface area contributed by atoms with Gasteiger partial charge in [-0.15, -0.1) is 0 Å². The number of benzene rings is 1. The van der Waals surface area contributed by atoms with Gasteiger partial charge in [-0.3, -0.25) is 9.59 Å². The van der Waals surface area contributed by atoms with Gasteiger partial charge in [0.25, 0.3) is 0 Å². The van der Waals surface area contributed by atoms with E-state index in [-0.39, 0.29) is 35.2 Å². The van der Waals surface area contributed by atoms with Crippen molar-refractivity contribution in [2.45, 2.75) is 90.7 Å². The van der Waals surface area contributed by atoms with Crippen LogP contribution in [0.1, 0.15) is 90.0 Å². The van der Waals surface area contributed by atoms with Crippen molar-refractivity contribution in [3.63, 3.8) is 0 Å². The van der Waals surface area contributed by atoms with Gasteiger partial charge in [-0.2, -0.15) is 13.2 Å². The average Bonchev–Trinajstić information content (AvgIpc) is 3.25. The molecule has 0 aromatic heterocycles. The van der Waals surface area contributed by atoms with Crippen LogP contribution in [0.5, 0.6) is 0 Å². The summed E-state index contributed by atoms with van der Waals surface area (Å²) in [5.41, 5.74) is 4.17. The zero-order valence-electron chi connectivity index (χ0n) is 24.4. The van der Waals surface area contributed by atoms with Crippen LogP contribution in [0.2, 0.25) is 0 Å². The number of allylic oxidation sites excluding steroid dienone is 4. The van der Waals surface area contributed by atoms with E-state index in [0.717, 1.165) is 37.1 Å². The van der Waals surface area contributed by atoms with Crippen LogP contribution in [-0.4, -0.2) is 30.8 Å². The molecule has 0 spiro atoms. The van der Waals surface area contributed by atoms with Crippen LogP contribution in [0, 0.1) is 40.4 Å². The quantitative estimate of drug-likeness (QED) is 0.350. The number of carbonyl (C=O) groups is 2. The van der Waals surface area contributed by atoms with Gasteiger partial charge in [0, 0.05) is 37.0 Å². The van der Waals surface area contributed by atoms with Gasteiger partial charge in [0.15, 0.2) is 5.78 Å². The number of ketones is 2. The Labute approximate surface area is 241 Å². The second-order valence-corrected chi connectivity index (χ2v) is 13.4. The van der Waals surface area contributed by atoms with Gasteiger partial charge in [-0.05, 0) is 116 Å². The smallest absolute Gasteiger partial charge is 0.372 e. The molecule has 0 bridgehead atoms. The maximum absolute atomic E-state index is 13.4. The van der Waals surface area contributed by atoms with E-state index in [9.17, 15) is 22.8 Å². The Morgan fingerprint density at radius 2 is 1.78 bits per heavy atom. The highest BCUT2D eigenvalue weighted by Gasteiger charge is 2.65. The van der Waals surface area contributed by atoms with Crippen molar-refractivity contribution in [1.82, 2.24) is 0 Å². The third-order valence-electron chi connectivity index (χ3n) is 11.3. The van der Waals surface area contributed by atoms with Gasteiger partial charge < -0.3 is 4.90 Å². The van der Waals surface area contributed by atoms with Crippen LogP contribution in [0.25, 0.3) is 0 Å². The van der Waals surface area contributed by atoms with E-state index in [2.05, 4.69) is 42.0 Å². The number of halogens is 3. The summed E-state index contributed by atoms with van der Waals surface area (Å²) in [5, 5.41) is 0. The van der Waals surface area contributed by atoms with E-state index in [4.69, 9.17) is 0 Å². The topological polar surface area (TPSA) is 37.4 Å². The number of Topliss-reactive ketones (excluding diaryl/α,β-unsaturated/α-hetero) is 1. The van der Waals surface area contributed by atoms with Crippen molar-refractivity contribution in [2.24, 2.45) is 28.6 Å². The first-order chi connectivity index (χ1) is 19.4. The van der Waals surface area contributed by atoms with Crippen LogP contribution < -0.4 is 4.90 Å². The molecule has 1 saturated heterocycles. The summed E-state index contributed by atoms with van der Waals surface area (Å²) in [6, 6.07) is 8.78. The molecular weight excluding hydrogens is 523 g/mol. The molecule has 1 aromatic carbocycles. The number of fused-ring (bicyclic) bond motifs is 4. The van der Waals surface area contributed by atoms with Gasteiger partial charge in [-0.25, -0.2) is 0 Å². The first kappa shape index (κ1) is 28.3. The first-order valence-corrected chi connectivity index (χ1v) is 15.4. The molecule has 0 N–H and O–H groups in total. The number of hydrogen-bond donors (Lipinski definition) is 0. The SMILES string of the molecule is CC(=O)[C@@]1(C#CC(F)(F)F)CC[C@H]2[C@@H]3CC(C)C4=CC(=O)CCC4=C3[C@@H](c3ccc(N4CCCCC4)cc3)C[C@@]21C. The lowest BCUT2D eigenvalue weighted by atomic mass is 9.47. The fourth-order valence-electron chi connectivity index (χ4n) is 9.40. The third-order valence-corrected chi connectivity index (χ3v) is 11.3. The summed E-state index contributed by atoms with van der Waals surface area (Å²) < 4.78 is 40.3. The molecule has 6 heteroatoms. The summed E-state index contributed by atoms with van der Waals surface area (Å²) in [5.74, 6) is 4.43. The largest absolute Gasteiger partial charge is 0.457 e. The van der Waals surface area contributed by atoms with Crippen molar-refractivity contribution in [3.8, 4) is 11.8 Å². The number of carbonyl (C=O) groups excluding carboxylic acids is 2. The molecule has 1 unspecified atom stereocenters. The summed E-state index contributed by atoms with van der Waals surface area (Å²) >= 11 is 0. The second-order valence-electron chi connectivity index (χ2n) is 13.4. The lowest BCUT2D eigenvalue weighted by Gasteiger charge is -2.55. The maximum Gasteiger partial charge on any atom is 0.457 e. The van der Waals surface area contributed by atoms with Gasteiger partial charge in [0.2, 0.25) is 0 Å². The average molecular weight is 564 g/mol. The van der Waals surface area contributed by atoms with Gasteiger partial charge >= 0.3 is 6.18 Å². The molecule has 6 atom stereocenters. The number of hydrogen-bond acceptors (Lipinski definition) is 3. The zero-order chi connectivity index (χ0) is 29.2. The summed E-state index contributed by atoms with van der Waals surface area (Å²) in [7, 11) is 0. The molecule has 2 saturated carbocycles. The predicted octanol–water partition coefficient (Wildman–Crippen LogP) is 7.96. The molecule has 218 valence electrons. The predicted molar refractivity (Wildman–Crippen MR) is 154 cm³/mol. The number of alkyl halides is 3. The number of rotatable bonds is 3. The van der Waals surface area contributed by atoms with E-state index in [1.807, 2.05) is 13.0 Å². The minimum atomic E-state index is -4.64. The van der Waals surface area contributed by atoms with E-state index in [1.54, 1.807) is 0 Å². The highest BCUT2D eigenvalue weighted by Crippen LogP contribution is 2.70. The number of piperidine rings is 1. The Bertz CT molecular complexity index is 1370. The fourth-order valence-corrected chi connectivity index (χ4v) is 9.40. The number of nitrogens with zero attached hydrogens (tertiary/aromatic N) is 1. The maximum atomic E-state index is 13.4. The van der Waals surface area contributed by atoms with E-state index in [1.165, 1.54) is 48.9 Å². The minimum absolute atomic E-state index is 0.0275. The van der Waals surface area contributed by atoms with E-state index >= 15 is 0 Å². The lowest BCUT2D eigenvalue weighted by Crippen LogP contribution is -2.50. The van der Waals surface area contributed by atoms with Gasteiger partial charge in [0.05, 0.1) is 5.41 Å². The Hall–Kier alpha value is -2.81. The van der Waals surface area contributed by atoms with Crippen molar-refractivity contribution in [3.05, 3.63) is 52.6 Å². The van der Waals surface area contributed by atoms with Crippen LogP contribution in [-0.2, 0) is 9.59 Å². The molecule has 1 aromatic rings. The van der Waals surface area contributed by atoms with Crippen molar-refractivity contribution >= 4 is 17.3 Å². The third kappa shape index (κ3) is 4.68. The second kappa shape index (κ2) is 10.2. The standard InChI is InChI=1S/C35H40F3NO2/c1-22-19-29-31-13-14-34(23(2)40,15-16-35(36,37)38)33(31,3)21-30(32(29)27-12-11-26(41)20-28(22)27)24-7-9-25(10-8-24)39-17-5-4-6-18-39/h7-10,20,22,29-31H,4-6,11-14,17-19,21H2,1-3H3/t22?,29-,30+,31-,33-,34-/m0/s1. The highest BCUT2D eigenvalue weighted by molar-refractivity contribution is 5.93. The minimum Gasteiger partial charge on any atom is -0.372 e. The summed E-state index contributed by atoms with van der Waals surface area (Å²) in [6.45, 7) is 7.77. The van der Waals surface area contributed by atoms with Crippen molar-refractivity contribution < 1.29 is 22.8 Å². The monoisotopic (exact) mass is 563 g/mol. The normalized spacial score (nSPS) is 35.1. The molecule has 3 fully saturated rings. The van der Waals surface area contributed by atoms with E-state index < -0.39 is 17.0 Å². The van der Waals surface area contributed by atoms with Crippen LogP contribution in [0.3, 0.4) is 0 Å². The van der Waals surface area contributed by atoms with Gasteiger partial charge in [-0.1, -0.05) is 37.5 Å². The molecule has 0 amide bonds. The highest BCUT2D eigenvalue weighted by atomic mass is 19.4. The van der Waals surface area contributed by atoms with Crippen LogP contribution in [0.4, 0.5) is 18.9 Å². The molecule has 6 rings (SSSR count). The van der Waals surface area contributed by atoms with Crippen molar-refractivity contribution in [2.75, 3.05) is 18.0 Å². The fraction of sp³-hybridized carbons (Fsp3) is 0.600. The first-order valence-electron chi connectivity index (χ1n) is 15.4. The Balaban J connectivity index is 1.49. The zero-order valence-corrected chi connectivity index (χ0v) is 24.4. The van der Waals surface area contributed by atoms with Crippen molar-refractivity contribution in [1.29, 1.82) is 0 Å². The summed E-state index contributed by atoms with van der Waals surface area (Å²) in [6.07, 6.45) is 4.56. The Morgan fingerprint density at radius 1 is 1.07 bits per heavy atom. The molecule has 41 heavy (non-hydrogen) atoms. The molecule has 3 nitrogen and oxygen atoms in total. The Kier molecular flexibility index (Phi) is 7.03. The molecule has 4 aliphatic carbocycles. The summed E-state index contributed by atoms with van der Waals surface area (Å²) in [4.78, 5) is 28.3. The Morgan fingerprint density at radius 3 is 2.44 bits per heavy atom. The molecule has 0 radical (unpaired) electrons.